The van der Waals surface area contributed by atoms with E-state index in [0.717, 1.165) is 38.9 Å². The molecule has 0 spiro atoms. The van der Waals surface area contributed by atoms with Crippen LogP contribution in [-0.2, 0) is 16.0 Å². The molecule has 9 aromatic rings. The van der Waals surface area contributed by atoms with E-state index >= 15 is 0 Å². The molecule has 0 fully saturated rings. The number of fused-ring (bicyclic) bond motifs is 2. The second-order valence-corrected chi connectivity index (χ2v) is 15.5. The van der Waals surface area contributed by atoms with Crippen LogP contribution >= 0.6 is 46.4 Å². The Balaban J connectivity index is 0.000000162. The highest BCUT2D eigenvalue weighted by atomic mass is 35.5. The van der Waals surface area contributed by atoms with Crippen molar-refractivity contribution < 1.29 is 14.3 Å². The van der Waals surface area contributed by atoms with Crippen LogP contribution in [0.25, 0.3) is 51.0 Å². The van der Waals surface area contributed by atoms with E-state index < -0.39 is 5.91 Å². The van der Waals surface area contributed by atoms with E-state index in [1.54, 1.807) is 35.6 Å². The predicted octanol–water partition coefficient (Wildman–Crippen LogP) is 10.2. The number of rotatable bonds is 9. The van der Waals surface area contributed by atoms with Crippen molar-refractivity contribution in [3.05, 3.63) is 184 Å². The summed E-state index contributed by atoms with van der Waals surface area (Å²) in [6, 6.07) is 41.2. The molecule has 0 aliphatic rings. The highest BCUT2D eigenvalue weighted by Crippen LogP contribution is 2.36. The summed E-state index contributed by atoms with van der Waals surface area (Å²) in [5.74, 6) is 0.129. The van der Waals surface area contributed by atoms with Gasteiger partial charge in [-0.3, -0.25) is 18.5 Å². The van der Waals surface area contributed by atoms with Crippen molar-refractivity contribution in [1.82, 2.24) is 38.4 Å². The Kier molecular flexibility index (Phi) is 16.6. The van der Waals surface area contributed by atoms with Crippen LogP contribution in [0.4, 0.5) is 0 Å². The van der Waals surface area contributed by atoms with Crippen LogP contribution in [0.1, 0.15) is 16.1 Å². The van der Waals surface area contributed by atoms with Gasteiger partial charge in [-0.1, -0.05) is 107 Å². The van der Waals surface area contributed by atoms with Gasteiger partial charge in [0.1, 0.15) is 40.4 Å². The second-order valence-electron chi connectivity index (χ2n) is 13.8. The van der Waals surface area contributed by atoms with Crippen molar-refractivity contribution in [2.75, 3.05) is 28.3 Å². The number of amides is 1. The van der Waals surface area contributed by atoms with Crippen molar-refractivity contribution in [2.45, 2.75) is 13.0 Å². The van der Waals surface area contributed by atoms with Gasteiger partial charge in [0, 0.05) is 54.3 Å². The summed E-state index contributed by atoms with van der Waals surface area (Å²) >= 11 is 24.3. The fourth-order valence-corrected chi connectivity index (χ4v) is 7.14. The zero-order valence-electron chi connectivity index (χ0n) is 35.2. The minimum Gasteiger partial charge on any atom is -0.364 e. The quantitative estimate of drug-likeness (QED) is 0.135. The number of imidazole rings is 2. The Labute approximate surface area is 390 Å². The molecule has 5 heterocycles. The van der Waals surface area contributed by atoms with Crippen LogP contribution in [0.15, 0.2) is 152 Å². The van der Waals surface area contributed by atoms with Gasteiger partial charge in [-0.15, -0.1) is 0 Å². The minimum absolute atomic E-state index is 0.213. The van der Waals surface area contributed by atoms with Crippen LogP contribution in [0.5, 0.6) is 0 Å². The minimum atomic E-state index is -0.534. The van der Waals surface area contributed by atoms with E-state index in [0.29, 0.717) is 50.0 Å². The topological polar surface area (TPSA) is 156 Å². The molecule has 0 unspecified atom stereocenters. The summed E-state index contributed by atoms with van der Waals surface area (Å²) < 4.78 is 15.2. The SMILES string of the molecule is COC(OC)N(C)C.Clc1ccc(-n2ncnc2-c2c(-c3ccccc3Cl)nc3ccccn23)cc1.NC(=O)c1c(-c2ccccc2Cl)nc2ccccn12.NCc1ccc(Cl)cc1. The smallest absolute Gasteiger partial charge is 0.268 e. The molecule has 4 N–H and O–H groups in total. The lowest BCUT2D eigenvalue weighted by molar-refractivity contribution is -0.179. The first-order chi connectivity index (χ1) is 30.9. The van der Waals surface area contributed by atoms with E-state index in [4.69, 9.17) is 72.3 Å². The number of carbonyl (C=O) groups is 1. The van der Waals surface area contributed by atoms with Gasteiger partial charge >= 0.3 is 0 Å². The van der Waals surface area contributed by atoms with Crippen LogP contribution < -0.4 is 11.5 Å². The van der Waals surface area contributed by atoms with E-state index in [1.807, 2.05) is 157 Å². The van der Waals surface area contributed by atoms with Crippen molar-refractivity contribution in [1.29, 1.82) is 0 Å². The van der Waals surface area contributed by atoms with Gasteiger partial charge in [0.25, 0.3) is 5.91 Å². The number of pyridine rings is 2. The number of nitrogens with two attached hydrogens (primary N) is 2. The fraction of sp³-hybridized carbons (Fsp3) is 0.128. The average Bonchev–Trinajstić information content (AvgIpc) is 4.04. The lowest BCUT2D eigenvalue weighted by atomic mass is 10.1. The van der Waals surface area contributed by atoms with Crippen LogP contribution in [-0.4, -0.2) is 79.1 Å². The Hall–Kier alpha value is -6.13. The largest absolute Gasteiger partial charge is 0.364 e. The van der Waals surface area contributed by atoms with E-state index in [9.17, 15) is 4.79 Å². The van der Waals surface area contributed by atoms with Crippen molar-refractivity contribution in [3.63, 3.8) is 0 Å². The summed E-state index contributed by atoms with van der Waals surface area (Å²) in [4.78, 5) is 27.3. The molecule has 5 aromatic heterocycles. The maximum Gasteiger partial charge on any atom is 0.268 e. The molecule has 0 bridgehead atoms. The number of methoxy groups -OCH3 is 2. The summed E-state index contributed by atoms with van der Waals surface area (Å²) in [7, 11) is 6.98. The number of ether oxygens (including phenoxy) is 2. The van der Waals surface area contributed by atoms with Gasteiger partial charge in [0.15, 0.2) is 5.82 Å². The first-order valence-corrected chi connectivity index (χ1v) is 21.0. The summed E-state index contributed by atoms with van der Waals surface area (Å²) in [5, 5.41) is 7.01. The Morgan fingerprint density at radius 1 is 0.672 bits per heavy atom. The number of hydrogen-bond donors (Lipinski definition) is 2. The van der Waals surface area contributed by atoms with Crippen molar-refractivity contribution >= 4 is 63.6 Å². The van der Waals surface area contributed by atoms with Crippen LogP contribution in [0.3, 0.4) is 0 Å². The molecule has 1 amide bonds. The third-order valence-corrected chi connectivity index (χ3v) is 10.5. The van der Waals surface area contributed by atoms with Gasteiger partial charge in [0.05, 0.1) is 15.7 Å². The molecule has 0 saturated heterocycles. The monoisotopic (exact) mass is 936 g/mol. The van der Waals surface area contributed by atoms with Crippen molar-refractivity contribution in [3.8, 4) is 39.7 Å². The van der Waals surface area contributed by atoms with E-state index in [-0.39, 0.29) is 6.41 Å². The zero-order chi connectivity index (χ0) is 45.8. The molecule has 64 heavy (non-hydrogen) atoms. The fourth-order valence-electron chi connectivity index (χ4n) is 6.44. The third kappa shape index (κ3) is 11.3. The van der Waals surface area contributed by atoms with Gasteiger partial charge < -0.3 is 20.9 Å². The van der Waals surface area contributed by atoms with Crippen LogP contribution in [0, 0.1) is 0 Å². The molecule has 13 nitrogen and oxygen atoms in total. The van der Waals surface area contributed by atoms with Gasteiger partial charge in [-0.05, 0) is 92.5 Å². The molecule has 0 aliphatic heterocycles. The number of primary amides is 1. The Bertz CT molecular complexity index is 2930. The summed E-state index contributed by atoms with van der Waals surface area (Å²) in [6.07, 6.45) is 5.03. The highest BCUT2D eigenvalue weighted by Gasteiger charge is 2.23. The normalized spacial score (nSPS) is 10.9. The lowest BCUT2D eigenvalue weighted by Gasteiger charge is -2.19. The van der Waals surface area contributed by atoms with Gasteiger partial charge in [-0.2, -0.15) is 5.10 Å². The molecule has 0 aliphatic carbocycles. The number of benzene rings is 4. The number of carbonyl (C=O) groups excluding carboxylic acids is 1. The second kappa shape index (κ2) is 22.5. The van der Waals surface area contributed by atoms with Gasteiger partial charge in [0.2, 0.25) is 6.41 Å². The van der Waals surface area contributed by atoms with Gasteiger partial charge in [-0.25, -0.2) is 19.6 Å². The molecule has 0 radical (unpaired) electrons. The molecule has 328 valence electrons. The highest BCUT2D eigenvalue weighted by molar-refractivity contribution is 6.34. The number of nitrogens with zero attached hydrogens (tertiary/aromatic N) is 8. The van der Waals surface area contributed by atoms with E-state index in [2.05, 4.69) is 15.1 Å². The number of aromatic nitrogens is 7. The standard InChI is InChI=1S/C21H13Cl2N5.C14H10ClN3O.C7H8ClN.C5H13NO2/c22-14-8-10-15(11-9-14)28-21(24-13-25-28)20-19(16-5-1-2-6-17(16)23)26-18-7-3-4-12-27(18)20;15-10-6-2-1-5-9(10)12-13(14(16)19)18-8-4-3-7-11(18)17-12;8-7-3-1-6(5-9)2-4-7;1-6(2)5(7-3)8-4/h1-13H;1-8H,(H2,16,19);1-4H,5,9H2;5H,1-4H3. The predicted molar refractivity (Wildman–Crippen MR) is 256 cm³/mol. The zero-order valence-corrected chi connectivity index (χ0v) is 38.2. The van der Waals surface area contributed by atoms with E-state index in [1.165, 1.54) is 6.33 Å². The molecular weight excluding hydrogens is 894 g/mol. The maximum atomic E-state index is 11.7. The molecule has 0 atom stereocenters. The Morgan fingerprint density at radius 3 is 1.69 bits per heavy atom. The maximum absolute atomic E-state index is 11.7. The third-order valence-electron chi connectivity index (χ3n) is 9.36. The Morgan fingerprint density at radius 2 is 1.17 bits per heavy atom. The molecule has 17 heteroatoms. The molecular formula is C47H44Cl4N10O3. The lowest BCUT2D eigenvalue weighted by Crippen LogP contribution is -2.30. The summed E-state index contributed by atoms with van der Waals surface area (Å²) in [5.41, 5.74) is 18.2. The molecule has 0 saturated carbocycles. The first kappa shape index (κ1) is 47.4. The summed E-state index contributed by atoms with van der Waals surface area (Å²) in [6.45, 7) is 0.581. The molecule has 9 rings (SSSR count). The van der Waals surface area contributed by atoms with Crippen LogP contribution in [0.2, 0.25) is 20.1 Å². The first-order valence-electron chi connectivity index (χ1n) is 19.5. The van der Waals surface area contributed by atoms with Crippen molar-refractivity contribution in [2.24, 2.45) is 11.5 Å². The number of hydrogen-bond acceptors (Lipinski definition) is 9. The number of halogens is 4. The average molecular weight is 939 g/mol. The molecule has 4 aromatic carbocycles.